The summed E-state index contributed by atoms with van der Waals surface area (Å²) in [5.74, 6) is -0.563. The lowest BCUT2D eigenvalue weighted by molar-refractivity contribution is -0.384. The van der Waals surface area contributed by atoms with Crippen LogP contribution < -0.4 is 15.5 Å². The Balaban J connectivity index is 1.65. The van der Waals surface area contributed by atoms with Gasteiger partial charge in [-0.05, 0) is 43.6 Å². The Morgan fingerprint density at radius 2 is 2.14 bits per heavy atom. The number of aliphatic hydroxyl groups excluding tert-OH is 1. The fourth-order valence-corrected chi connectivity index (χ4v) is 3.93. The Hall–Kier alpha value is -2.72. The number of nitro groups is 1. The van der Waals surface area contributed by atoms with Gasteiger partial charge in [0, 0.05) is 31.3 Å². The van der Waals surface area contributed by atoms with Gasteiger partial charge in [0.15, 0.2) is 5.11 Å². The number of nitrogens with one attached hydrogen (secondary N) is 2. The molecular weight excluding hydrogens is 396 g/mol. The second kappa shape index (κ2) is 9.19. The highest BCUT2D eigenvalue weighted by atomic mass is 32.1. The van der Waals surface area contributed by atoms with E-state index in [0.29, 0.717) is 22.9 Å². The maximum absolute atomic E-state index is 12.4. The van der Waals surface area contributed by atoms with Crippen LogP contribution in [-0.2, 0) is 16.0 Å². The average Bonchev–Trinajstić information content (AvgIpc) is 3.21. The molecule has 0 amide bonds. The van der Waals surface area contributed by atoms with Gasteiger partial charge in [0.1, 0.15) is 5.69 Å². The zero-order valence-corrected chi connectivity index (χ0v) is 17.0. The van der Waals surface area contributed by atoms with E-state index in [9.17, 15) is 20.0 Å². The van der Waals surface area contributed by atoms with Crippen molar-refractivity contribution in [3.63, 3.8) is 0 Å². The molecular formula is C19H24N4O5S. The monoisotopic (exact) mass is 420 g/mol. The van der Waals surface area contributed by atoms with Gasteiger partial charge in [0.25, 0.3) is 5.69 Å². The summed E-state index contributed by atoms with van der Waals surface area (Å²) in [4.78, 5) is 25.6. The number of carbonyl (C=O) groups excluding carboxylic acids is 1. The summed E-state index contributed by atoms with van der Waals surface area (Å²) in [6.45, 7) is 3.10. The van der Waals surface area contributed by atoms with Crippen LogP contribution in [0.15, 0.2) is 29.5 Å². The first kappa shape index (κ1) is 21.0. The smallest absolute Gasteiger partial charge is 0.337 e. The first-order chi connectivity index (χ1) is 13.9. The number of allylic oxidation sites excluding steroid dienone is 1. The molecule has 1 atom stereocenters. The Kier molecular flexibility index (Phi) is 6.65. The van der Waals surface area contributed by atoms with Crippen molar-refractivity contribution in [2.45, 2.75) is 32.2 Å². The number of thiocarbonyl (C=S) groups is 1. The molecule has 29 heavy (non-hydrogen) atoms. The summed E-state index contributed by atoms with van der Waals surface area (Å²) in [6, 6.07) is 4.52. The highest BCUT2D eigenvalue weighted by molar-refractivity contribution is 7.80. The molecule has 1 aromatic rings. The predicted molar refractivity (Wildman–Crippen MR) is 112 cm³/mol. The summed E-state index contributed by atoms with van der Waals surface area (Å²) in [7, 11) is 0. The summed E-state index contributed by atoms with van der Waals surface area (Å²) >= 11 is 5.02. The average molecular weight is 420 g/mol. The number of rotatable bonds is 7. The molecule has 1 fully saturated rings. The number of ether oxygens (including phenoxy) is 1. The summed E-state index contributed by atoms with van der Waals surface area (Å²) in [5.41, 5.74) is 2.25. The molecule has 0 saturated carbocycles. The zero-order chi connectivity index (χ0) is 21.0. The van der Waals surface area contributed by atoms with Gasteiger partial charge in [-0.2, -0.15) is 0 Å². The Labute approximate surface area is 173 Å². The third-order valence-electron chi connectivity index (χ3n) is 5.07. The number of aliphatic hydroxyl groups is 1. The minimum absolute atomic E-state index is 0.0679. The van der Waals surface area contributed by atoms with Crippen LogP contribution in [0.4, 0.5) is 11.4 Å². The van der Waals surface area contributed by atoms with E-state index < -0.39 is 12.0 Å². The molecule has 2 aliphatic rings. The van der Waals surface area contributed by atoms with Crippen molar-refractivity contribution in [1.29, 1.82) is 0 Å². The highest BCUT2D eigenvalue weighted by Gasteiger charge is 2.29. The number of carbonyl (C=O) groups is 1. The lowest BCUT2D eigenvalue weighted by Gasteiger charge is -2.28. The fourth-order valence-electron chi connectivity index (χ4n) is 3.63. The predicted octanol–water partition coefficient (Wildman–Crippen LogP) is 1.39. The van der Waals surface area contributed by atoms with E-state index in [1.54, 1.807) is 19.1 Å². The molecule has 0 bridgehead atoms. The Morgan fingerprint density at radius 1 is 1.41 bits per heavy atom. The largest absolute Gasteiger partial charge is 0.462 e. The van der Waals surface area contributed by atoms with Gasteiger partial charge < -0.3 is 25.4 Å². The van der Waals surface area contributed by atoms with Crippen LogP contribution in [0.2, 0.25) is 0 Å². The van der Waals surface area contributed by atoms with Crippen molar-refractivity contribution in [3.05, 3.63) is 45.1 Å². The van der Waals surface area contributed by atoms with E-state index in [0.717, 1.165) is 31.5 Å². The number of nitrogens with zero attached hydrogens (tertiary/aromatic N) is 2. The van der Waals surface area contributed by atoms with Gasteiger partial charge >= 0.3 is 5.97 Å². The number of hydrogen-bond acceptors (Lipinski definition) is 7. The maximum atomic E-state index is 12.4. The SMILES string of the molecule is CC1=C(C(=O)OCCc2ccc(N3CCCC3)c([N+](=O)[O-])c2)C(CO)NC(=S)N1. The van der Waals surface area contributed by atoms with Crippen LogP contribution in [0, 0.1) is 10.1 Å². The number of anilines is 1. The molecule has 0 spiro atoms. The van der Waals surface area contributed by atoms with Gasteiger partial charge in [-0.3, -0.25) is 10.1 Å². The topological polar surface area (TPSA) is 117 Å². The molecule has 1 saturated heterocycles. The van der Waals surface area contributed by atoms with Crippen LogP contribution in [0.25, 0.3) is 0 Å². The van der Waals surface area contributed by atoms with Gasteiger partial charge in [-0.1, -0.05) is 6.07 Å². The summed E-state index contributed by atoms with van der Waals surface area (Å²) in [6.07, 6.45) is 2.42. The van der Waals surface area contributed by atoms with Gasteiger partial charge in [0.05, 0.1) is 29.8 Å². The molecule has 0 aliphatic carbocycles. The minimum atomic E-state index is -0.628. The first-order valence-corrected chi connectivity index (χ1v) is 9.90. The normalized spacial score (nSPS) is 19.0. The Bertz CT molecular complexity index is 851. The molecule has 3 rings (SSSR count). The van der Waals surface area contributed by atoms with Crippen LogP contribution >= 0.6 is 12.2 Å². The quantitative estimate of drug-likeness (QED) is 0.260. The fraction of sp³-hybridized carbons (Fsp3) is 0.474. The van der Waals surface area contributed by atoms with E-state index in [1.165, 1.54) is 0 Å². The third kappa shape index (κ3) is 4.83. The van der Waals surface area contributed by atoms with E-state index in [4.69, 9.17) is 17.0 Å². The van der Waals surface area contributed by atoms with Crippen molar-refractivity contribution in [1.82, 2.24) is 10.6 Å². The van der Waals surface area contributed by atoms with Gasteiger partial charge in [-0.25, -0.2) is 4.79 Å². The van der Waals surface area contributed by atoms with Crippen LogP contribution in [0.1, 0.15) is 25.3 Å². The molecule has 0 aromatic heterocycles. The molecule has 2 heterocycles. The Morgan fingerprint density at radius 3 is 2.79 bits per heavy atom. The molecule has 1 unspecified atom stereocenters. The molecule has 1 aromatic carbocycles. The highest BCUT2D eigenvalue weighted by Crippen LogP contribution is 2.31. The van der Waals surface area contributed by atoms with E-state index >= 15 is 0 Å². The van der Waals surface area contributed by atoms with Crippen molar-refractivity contribution in [2.24, 2.45) is 0 Å². The lowest BCUT2D eigenvalue weighted by atomic mass is 10.0. The number of benzene rings is 1. The molecule has 3 N–H and O–H groups in total. The summed E-state index contributed by atoms with van der Waals surface area (Å²) < 4.78 is 5.34. The lowest BCUT2D eigenvalue weighted by Crippen LogP contribution is -2.51. The van der Waals surface area contributed by atoms with E-state index in [2.05, 4.69) is 10.6 Å². The van der Waals surface area contributed by atoms with Crippen molar-refractivity contribution >= 4 is 34.7 Å². The summed E-state index contributed by atoms with van der Waals surface area (Å²) in [5, 5.41) is 27.0. The van der Waals surface area contributed by atoms with Crippen molar-refractivity contribution in [2.75, 3.05) is 31.2 Å². The number of nitro benzene ring substituents is 1. The third-order valence-corrected chi connectivity index (χ3v) is 5.29. The second-order valence-electron chi connectivity index (χ2n) is 7.03. The van der Waals surface area contributed by atoms with Crippen LogP contribution in [0.3, 0.4) is 0 Å². The van der Waals surface area contributed by atoms with Crippen LogP contribution in [0.5, 0.6) is 0 Å². The first-order valence-electron chi connectivity index (χ1n) is 9.49. The molecule has 9 nitrogen and oxygen atoms in total. The van der Waals surface area contributed by atoms with Crippen molar-refractivity contribution < 1.29 is 19.6 Å². The van der Waals surface area contributed by atoms with E-state index in [-0.39, 0.29) is 29.4 Å². The zero-order valence-electron chi connectivity index (χ0n) is 16.1. The minimum Gasteiger partial charge on any atom is -0.462 e. The van der Waals surface area contributed by atoms with Gasteiger partial charge in [-0.15, -0.1) is 0 Å². The molecule has 156 valence electrons. The van der Waals surface area contributed by atoms with E-state index in [1.807, 2.05) is 11.0 Å². The number of esters is 1. The molecule has 0 radical (unpaired) electrons. The molecule has 2 aliphatic heterocycles. The van der Waals surface area contributed by atoms with Crippen LogP contribution in [-0.4, -0.2) is 53.5 Å². The number of hydrogen-bond donors (Lipinski definition) is 3. The molecule has 10 heteroatoms. The van der Waals surface area contributed by atoms with Gasteiger partial charge in [0.2, 0.25) is 0 Å². The van der Waals surface area contributed by atoms with Crippen molar-refractivity contribution in [3.8, 4) is 0 Å². The standard InChI is InChI=1S/C19H24N4O5S/c1-12-17(14(11-24)21-19(29)20-12)18(25)28-9-6-13-4-5-15(16(10-13)23(26)27)22-7-2-3-8-22/h4-5,10,14,24H,2-3,6-9,11H2,1H3,(H2,20,21,29). The maximum Gasteiger partial charge on any atom is 0.337 e. The second-order valence-corrected chi connectivity index (χ2v) is 7.44.